The van der Waals surface area contributed by atoms with Crippen molar-refractivity contribution >= 4 is 48.5 Å². The molecule has 0 fully saturated rings. The second-order valence-corrected chi connectivity index (χ2v) is 9.69. The molecular weight excluding hydrogens is 484 g/mol. The van der Waals surface area contributed by atoms with Gasteiger partial charge in [-0.3, -0.25) is 0 Å². The lowest BCUT2D eigenvalue weighted by Crippen LogP contribution is -2.06. The Hall–Kier alpha value is -2.72. The molecule has 3 rings (SSSR count). The minimum atomic E-state index is -2.92. The van der Waals surface area contributed by atoms with E-state index in [1.807, 2.05) is 25.1 Å². The number of carbonyl (C=O) groups excluding carboxylic acids is 1. The molecule has 0 saturated heterocycles. The minimum absolute atomic E-state index is 0.174. The second kappa shape index (κ2) is 10.1. The van der Waals surface area contributed by atoms with E-state index in [0.29, 0.717) is 10.6 Å². The zero-order valence-electron chi connectivity index (χ0n) is 17.4. The van der Waals surface area contributed by atoms with Gasteiger partial charge in [0.05, 0.1) is 26.3 Å². The van der Waals surface area contributed by atoms with E-state index in [9.17, 15) is 9.00 Å². The fourth-order valence-electron chi connectivity index (χ4n) is 2.85. The standard InChI is InChI=1S/C21H23BrN4O4S/c1-4-23-20-16-10-17(22)19(11-18(16)24-13-25-20)30-12-14-7-6-8-15(9-14)31(3,28)26-21(27)29-5-2/h6-11,13H,4-5,12H2,1-3H3,(H,23,24,25). The fourth-order valence-corrected chi connectivity index (χ4v) is 4.45. The summed E-state index contributed by atoms with van der Waals surface area (Å²) in [5.41, 5.74) is 1.54. The van der Waals surface area contributed by atoms with Gasteiger partial charge in [0.1, 0.15) is 24.5 Å². The first-order valence-electron chi connectivity index (χ1n) is 9.62. The van der Waals surface area contributed by atoms with Crippen molar-refractivity contribution in [1.82, 2.24) is 9.97 Å². The van der Waals surface area contributed by atoms with Crippen molar-refractivity contribution < 1.29 is 18.5 Å². The number of rotatable bonds is 7. The molecule has 0 radical (unpaired) electrons. The molecule has 1 N–H and O–H groups in total. The summed E-state index contributed by atoms with van der Waals surface area (Å²) in [7, 11) is -2.92. The molecular formula is C21H23BrN4O4S. The summed E-state index contributed by atoms with van der Waals surface area (Å²) >= 11 is 3.54. The summed E-state index contributed by atoms with van der Waals surface area (Å²) in [6.45, 7) is 4.83. The maximum absolute atomic E-state index is 12.8. The number of anilines is 1. The molecule has 1 aromatic heterocycles. The van der Waals surface area contributed by atoms with E-state index >= 15 is 0 Å². The summed E-state index contributed by atoms with van der Waals surface area (Å²) in [6.07, 6.45) is 2.08. The summed E-state index contributed by atoms with van der Waals surface area (Å²) in [5.74, 6) is 1.38. The number of carbonyl (C=O) groups is 1. The molecule has 0 spiro atoms. The van der Waals surface area contributed by atoms with Crippen molar-refractivity contribution in [3.8, 4) is 5.75 Å². The third kappa shape index (κ3) is 5.71. The van der Waals surface area contributed by atoms with Gasteiger partial charge in [0.15, 0.2) is 0 Å². The van der Waals surface area contributed by atoms with Gasteiger partial charge >= 0.3 is 6.09 Å². The molecule has 1 amide bonds. The number of hydrogen-bond acceptors (Lipinski definition) is 7. The van der Waals surface area contributed by atoms with Crippen LogP contribution in [0.25, 0.3) is 10.9 Å². The van der Waals surface area contributed by atoms with Gasteiger partial charge in [-0.25, -0.2) is 19.0 Å². The maximum atomic E-state index is 12.8. The summed E-state index contributed by atoms with van der Waals surface area (Å²) in [6, 6.07) is 10.7. The molecule has 3 aromatic rings. The molecule has 31 heavy (non-hydrogen) atoms. The van der Waals surface area contributed by atoms with Crippen molar-refractivity contribution in [2.45, 2.75) is 25.3 Å². The highest BCUT2D eigenvalue weighted by atomic mass is 79.9. The number of nitrogens with one attached hydrogen (secondary N) is 1. The van der Waals surface area contributed by atoms with E-state index in [1.165, 1.54) is 12.6 Å². The molecule has 1 unspecified atom stereocenters. The lowest BCUT2D eigenvalue weighted by Gasteiger charge is -2.12. The van der Waals surface area contributed by atoms with Crippen LogP contribution in [0, 0.1) is 0 Å². The van der Waals surface area contributed by atoms with Gasteiger partial charge in [-0.15, -0.1) is 4.36 Å². The third-order valence-corrected chi connectivity index (χ3v) is 6.53. The topological polar surface area (TPSA) is 103 Å². The van der Waals surface area contributed by atoms with Crippen LogP contribution < -0.4 is 10.1 Å². The molecule has 0 aliphatic heterocycles. The van der Waals surface area contributed by atoms with Gasteiger partial charge in [-0.1, -0.05) is 12.1 Å². The summed E-state index contributed by atoms with van der Waals surface area (Å²) < 4.78 is 28.1. The molecule has 10 heteroatoms. The molecule has 0 saturated carbocycles. The van der Waals surface area contributed by atoms with E-state index < -0.39 is 15.8 Å². The smallest absolute Gasteiger partial charge is 0.442 e. The lowest BCUT2D eigenvalue weighted by molar-refractivity contribution is 0.164. The summed E-state index contributed by atoms with van der Waals surface area (Å²) in [5, 5.41) is 4.10. The van der Waals surface area contributed by atoms with Crippen LogP contribution in [0.1, 0.15) is 19.4 Å². The monoisotopic (exact) mass is 506 g/mol. The van der Waals surface area contributed by atoms with Crippen LogP contribution in [0.3, 0.4) is 0 Å². The first kappa shape index (κ1) is 23.0. The normalized spacial score (nSPS) is 12.8. The van der Waals surface area contributed by atoms with Crippen molar-refractivity contribution in [2.75, 3.05) is 24.7 Å². The van der Waals surface area contributed by atoms with Crippen LogP contribution in [0.5, 0.6) is 5.75 Å². The Morgan fingerprint density at radius 1 is 1.23 bits per heavy atom. The SMILES string of the molecule is CCNc1ncnc2cc(OCc3cccc(S(C)(=O)=NC(=O)OCC)c3)c(Br)cc12. The number of fused-ring (bicyclic) bond motifs is 1. The van der Waals surface area contributed by atoms with Gasteiger partial charge in [0.25, 0.3) is 0 Å². The molecule has 1 atom stereocenters. The Kier molecular flexibility index (Phi) is 7.45. The van der Waals surface area contributed by atoms with E-state index in [2.05, 4.69) is 35.6 Å². The number of benzene rings is 2. The molecule has 0 aliphatic rings. The van der Waals surface area contributed by atoms with Gasteiger partial charge in [-0.05, 0) is 53.5 Å². The van der Waals surface area contributed by atoms with Crippen LogP contribution in [-0.2, 0) is 21.1 Å². The minimum Gasteiger partial charge on any atom is -0.488 e. The number of halogens is 1. The highest BCUT2D eigenvalue weighted by Crippen LogP contribution is 2.32. The van der Waals surface area contributed by atoms with Crippen molar-refractivity contribution in [3.05, 3.63) is 52.8 Å². The second-order valence-electron chi connectivity index (χ2n) is 6.58. The molecule has 0 bridgehead atoms. The number of ether oxygens (including phenoxy) is 2. The van der Waals surface area contributed by atoms with Crippen LogP contribution in [0.15, 0.2) is 56.5 Å². The Balaban J connectivity index is 1.83. The van der Waals surface area contributed by atoms with Gasteiger partial charge in [0.2, 0.25) is 0 Å². The lowest BCUT2D eigenvalue weighted by atomic mass is 10.2. The van der Waals surface area contributed by atoms with E-state index in [0.717, 1.165) is 33.3 Å². The Labute approximate surface area is 189 Å². The van der Waals surface area contributed by atoms with E-state index in [-0.39, 0.29) is 13.2 Å². The highest BCUT2D eigenvalue weighted by Gasteiger charge is 2.12. The quantitative estimate of drug-likeness (QED) is 0.479. The molecule has 8 nitrogen and oxygen atoms in total. The predicted octanol–water partition coefficient (Wildman–Crippen LogP) is 5.02. The maximum Gasteiger partial charge on any atom is 0.442 e. The average Bonchev–Trinajstić information content (AvgIpc) is 2.73. The zero-order valence-corrected chi connectivity index (χ0v) is 19.8. The van der Waals surface area contributed by atoms with E-state index in [1.54, 1.807) is 25.1 Å². The Bertz CT molecular complexity index is 1230. The predicted molar refractivity (Wildman–Crippen MR) is 124 cm³/mol. The zero-order chi connectivity index (χ0) is 22.4. The number of hydrogen-bond donors (Lipinski definition) is 1. The fraction of sp³-hybridized carbons (Fsp3) is 0.286. The molecule has 164 valence electrons. The number of aromatic nitrogens is 2. The van der Waals surface area contributed by atoms with Gasteiger partial charge in [-0.2, -0.15) is 0 Å². The molecule has 1 heterocycles. The first-order chi connectivity index (χ1) is 14.8. The van der Waals surface area contributed by atoms with Crippen LogP contribution >= 0.6 is 15.9 Å². The largest absolute Gasteiger partial charge is 0.488 e. The van der Waals surface area contributed by atoms with Crippen molar-refractivity contribution in [3.63, 3.8) is 0 Å². The van der Waals surface area contributed by atoms with Crippen LogP contribution in [-0.4, -0.2) is 39.7 Å². The van der Waals surface area contributed by atoms with Crippen LogP contribution in [0.4, 0.5) is 10.6 Å². The number of nitrogens with zero attached hydrogens (tertiary/aromatic N) is 3. The third-order valence-electron chi connectivity index (χ3n) is 4.28. The van der Waals surface area contributed by atoms with E-state index in [4.69, 9.17) is 9.47 Å². The first-order valence-corrected chi connectivity index (χ1v) is 12.3. The van der Waals surface area contributed by atoms with Crippen LogP contribution in [0.2, 0.25) is 0 Å². The Morgan fingerprint density at radius 2 is 2.03 bits per heavy atom. The summed E-state index contributed by atoms with van der Waals surface area (Å²) in [4.78, 5) is 20.7. The van der Waals surface area contributed by atoms with Crippen molar-refractivity contribution in [1.29, 1.82) is 0 Å². The van der Waals surface area contributed by atoms with Crippen molar-refractivity contribution in [2.24, 2.45) is 4.36 Å². The average molecular weight is 507 g/mol. The molecule has 0 aliphatic carbocycles. The number of amides is 1. The van der Waals surface area contributed by atoms with Gasteiger partial charge in [0, 0.05) is 29.1 Å². The molecule has 2 aromatic carbocycles. The highest BCUT2D eigenvalue weighted by molar-refractivity contribution is 9.10. The van der Waals surface area contributed by atoms with Gasteiger partial charge < -0.3 is 14.8 Å². The Morgan fingerprint density at radius 3 is 2.77 bits per heavy atom.